The molecule has 228 valence electrons. The molecule has 1 aliphatic rings. The van der Waals surface area contributed by atoms with Crippen molar-refractivity contribution in [2.75, 3.05) is 6.61 Å². The maximum Gasteiger partial charge on any atom is 0.434 e. The molecule has 2 heterocycles. The number of thiazole rings is 1. The van der Waals surface area contributed by atoms with Crippen LogP contribution < -0.4 is 19.6 Å². The summed E-state index contributed by atoms with van der Waals surface area (Å²) < 4.78 is 70.1. The average Bonchev–Trinajstić information content (AvgIpc) is 3.27. The fourth-order valence-corrected chi connectivity index (χ4v) is 7.41. The summed E-state index contributed by atoms with van der Waals surface area (Å²) in [4.78, 5) is 30.3. The normalized spacial score (nSPS) is 15.2. The highest BCUT2D eigenvalue weighted by Crippen LogP contribution is 2.38. The summed E-state index contributed by atoms with van der Waals surface area (Å²) in [6.07, 6.45) is -3.50. The Hall–Kier alpha value is -3.01. The summed E-state index contributed by atoms with van der Waals surface area (Å²) >= 11 is 12.3. The lowest BCUT2D eigenvalue weighted by Gasteiger charge is -2.26. The highest BCUT2D eigenvalue weighted by atomic mass is 127. The molecule has 0 spiro atoms. The minimum absolute atomic E-state index is 0.0196. The fraction of sp³-hybridized carbons (Fsp3) is 0.167. The van der Waals surface area contributed by atoms with Crippen molar-refractivity contribution in [1.29, 1.82) is 0 Å². The van der Waals surface area contributed by atoms with Crippen molar-refractivity contribution < 1.29 is 31.8 Å². The Morgan fingerprint density at radius 3 is 2.52 bits per heavy atom. The van der Waals surface area contributed by atoms with E-state index in [0.717, 1.165) is 15.9 Å². The van der Waals surface area contributed by atoms with Crippen molar-refractivity contribution >= 4 is 73.5 Å². The summed E-state index contributed by atoms with van der Waals surface area (Å²) in [6.45, 7) is 1.26. The predicted molar refractivity (Wildman–Crippen MR) is 170 cm³/mol. The van der Waals surface area contributed by atoms with Gasteiger partial charge in [-0.2, -0.15) is 13.2 Å². The van der Waals surface area contributed by atoms with Gasteiger partial charge in [0.25, 0.3) is 5.56 Å². The average molecular weight is 822 g/mol. The van der Waals surface area contributed by atoms with E-state index in [2.05, 4.69) is 20.9 Å². The molecule has 0 fully saturated rings. The van der Waals surface area contributed by atoms with E-state index in [1.165, 1.54) is 43.3 Å². The van der Waals surface area contributed by atoms with E-state index in [9.17, 15) is 27.2 Å². The number of esters is 1. The van der Waals surface area contributed by atoms with Gasteiger partial charge < -0.3 is 9.47 Å². The number of benzene rings is 3. The van der Waals surface area contributed by atoms with E-state index in [0.29, 0.717) is 29.9 Å². The Morgan fingerprint density at radius 1 is 1.18 bits per heavy atom. The summed E-state index contributed by atoms with van der Waals surface area (Å²) in [6, 6.07) is 13.9. The molecule has 44 heavy (non-hydrogen) atoms. The number of alkyl halides is 3. The van der Waals surface area contributed by atoms with Gasteiger partial charge in [0.05, 0.1) is 30.8 Å². The van der Waals surface area contributed by atoms with Crippen LogP contribution in [0.2, 0.25) is 5.02 Å². The SMILES string of the molecule is CCOC(=O)C1=C(C(F)(F)F)N=c2s/c(=C\c3cc(Br)c(OCc4ccccc4F)c(I)c3)c(=O)n2[C@@H]1c1ccc(Cl)cc1. The van der Waals surface area contributed by atoms with E-state index >= 15 is 0 Å². The Bertz CT molecular complexity index is 1950. The molecule has 0 bridgehead atoms. The second-order valence-electron chi connectivity index (χ2n) is 9.31. The molecule has 0 amide bonds. The Kier molecular flexibility index (Phi) is 9.68. The van der Waals surface area contributed by atoms with Crippen LogP contribution in [0.25, 0.3) is 6.08 Å². The number of rotatable bonds is 7. The summed E-state index contributed by atoms with van der Waals surface area (Å²) in [5.74, 6) is -1.19. The maximum absolute atomic E-state index is 14.3. The first kappa shape index (κ1) is 32.4. The van der Waals surface area contributed by atoms with Crippen LogP contribution in [0, 0.1) is 9.39 Å². The number of hydrogen-bond donors (Lipinski definition) is 0. The van der Waals surface area contributed by atoms with E-state index in [-0.39, 0.29) is 28.1 Å². The predicted octanol–water partition coefficient (Wildman–Crippen LogP) is 7.08. The number of hydrogen-bond acceptors (Lipinski definition) is 6. The molecule has 0 saturated heterocycles. The first-order chi connectivity index (χ1) is 20.9. The number of carbonyl (C=O) groups is 1. The number of aromatic nitrogens is 1. The standard InChI is InChI=1S/C30H19BrClF4IN2O4S/c1-2-42-28(41)23-24(16-7-9-18(32)10-8-16)39-27(40)22(44-29(39)38-26(23)30(34,35)36)13-15-11-19(31)25(21(37)12-15)43-14-17-5-3-4-6-20(17)33/h3-13,24H,2,14H2,1H3/b22-13-/t24-/m1/s1. The first-order valence-corrected chi connectivity index (χ1v) is 15.9. The fourth-order valence-electron chi connectivity index (χ4n) is 4.52. The molecule has 4 aromatic rings. The van der Waals surface area contributed by atoms with E-state index in [1.807, 2.05) is 22.6 Å². The number of carbonyl (C=O) groups excluding carboxylic acids is 1. The monoisotopic (exact) mass is 820 g/mol. The Labute approximate surface area is 278 Å². The molecule has 14 heteroatoms. The van der Waals surface area contributed by atoms with Crippen LogP contribution in [0.1, 0.15) is 29.7 Å². The van der Waals surface area contributed by atoms with Crippen molar-refractivity contribution in [3.05, 3.63) is 127 Å². The largest absolute Gasteiger partial charge is 0.486 e. The molecule has 1 aromatic heterocycles. The summed E-state index contributed by atoms with van der Waals surface area (Å²) in [7, 11) is 0. The third-order valence-corrected chi connectivity index (χ3v) is 9.05. The second-order valence-corrected chi connectivity index (χ2v) is 12.8. The van der Waals surface area contributed by atoms with Gasteiger partial charge in [0.1, 0.15) is 18.2 Å². The van der Waals surface area contributed by atoms with Gasteiger partial charge in [0.15, 0.2) is 10.5 Å². The van der Waals surface area contributed by atoms with Crippen molar-refractivity contribution in [2.45, 2.75) is 25.7 Å². The van der Waals surface area contributed by atoms with Crippen molar-refractivity contribution in [3.8, 4) is 5.75 Å². The van der Waals surface area contributed by atoms with Crippen LogP contribution >= 0.6 is 61.5 Å². The van der Waals surface area contributed by atoms with Gasteiger partial charge in [-0.15, -0.1) is 0 Å². The molecule has 0 aliphatic carbocycles. The van der Waals surface area contributed by atoms with Crippen LogP contribution in [0.3, 0.4) is 0 Å². The van der Waals surface area contributed by atoms with Crippen LogP contribution in [-0.2, 0) is 16.1 Å². The minimum atomic E-state index is -5.01. The zero-order valence-corrected chi connectivity index (χ0v) is 27.7. The zero-order valence-electron chi connectivity index (χ0n) is 22.4. The van der Waals surface area contributed by atoms with Gasteiger partial charge in [-0.1, -0.05) is 53.3 Å². The van der Waals surface area contributed by atoms with E-state index in [4.69, 9.17) is 21.1 Å². The van der Waals surface area contributed by atoms with Gasteiger partial charge >= 0.3 is 12.1 Å². The number of fused-ring (bicyclic) bond motifs is 1. The van der Waals surface area contributed by atoms with Crippen molar-refractivity contribution in [2.24, 2.45) is 4.99 Å². The quantitative estimate of drug-likeness (QED) is 0.114. The highest BCUT2D eigenvalue weighted by molar-refractivity contribution is 14.1. The van der Waals surface area contributed by atoms with Crippen molar-refractivity contribution in [3.63, 3.8) is 0 Å². The number of halogens is 7. The molecule has 0 saturated carbocycles. The maximum atomic E-state index is 14.3. The van der Waals surface area contributed by atoms with Gasteiger partial charge in [-0.05, 0) is 93.0 Å². The summed E-state index contributed by atoms with van der Waals surface area (Å²) in [5, 5.41) is 0.320. The number of ether oxygens (including phenoxy) is 2. The molecule has 1 atom stereocenters. The lowest BCUT2D eigenvalue weighted by Crippen LogP contribution is -2.41. The van der Waals surface area contributed by atoms with Crippen LogP contribution in [-0.4, -0.2) is 23.3 Å². The number of allylic oxidation sites excluding steroid dienone is 1. The zero-order chi connectivity index (χ0) is 31.8. The number of nitrogens with zero attached hydrogens (tertiary/aromatic N) is 2. The Morgan fingerprint density at radius 2 is 1.89 bits per heavy atom. The molecule has 1 aliphatic heterocycles. The third kappa shape index (κ3) is 6.65. The smallest absolute Gasteiger partial charge is 0.434 e. The van der Waals surface area contributed by atoms with Gasteiger partial charge in [0.2, 0.25) is 0 Å². The lowest BCUT2D eigenvalue weighted by atomic mass is 9.95. The van der Waals surface area contributed by atoms with Crippen LogP contribution in [0.15, 0.2) is 86.2 Å². The minimum Gasteiger partial charge on any atom is -0.486 e. The van der Waals surface area contributed by atoms with Crippen molar-refractivity contribution in [1.82, 2.24) is 4.57 Å². The molecule has 0 N–H and O–H groups in total. The van der Waals surface area contributed by atoms with Crippen LogP contribution in [0.5, 0.6) is 5.75 Å². The molecule has 0 radical (unpaired) electrons. The topological polar surface area (TPSA) is 69.9 Å². The van der Waals surface area contributed by atoms with Gasteiger partial charge in [0, 0.05) is 10.6 Å². The van der Waals surface area contributed by atoms with Gasteiger partial charge in [-0.25, -0.2) is 14.2 Å². The lowest BCUT2D eigenvalue weighted by molar-refractivity contribution is -0.140. The molecule has 6 nitrogen and oxygen atoms in total. The van der Waals surface area contributed by atoms with Gasteiger partial charge in [-0.3, -0.25) is 9.36 Å². The van der Waals surface area contributed by atoms with E-state index in [1.54, 1.807) is 30.3 Å². The first-order valence-electron chi connectivity index (χ1n) is 12.8. The third-order valence-electron chi connectivity index (χ3n) is 6.43. The van der Waals surface area contributed by atoms with E-state index < -0.39 is 40.8 Å². The second kappa shape index (κ2) is 13.2. The highest BCUT2D eigenvalue weighted by Gasteiger charge is 2.45. The molecule has 5 rings (SSSR count). The van der Waals surface area contributed by atoms with Crippen LogP contribution in [0.4, 0.5) is 17.6 Å². The summed E-state index contributed by atoms with van der Waals surface area (Å²) in [5.41, 5.74) is -1.76. The molecular formula is C30H19BrClF4IN2O4S. The Balaban J connectivity index is 1.63. The molecular weight excluding hydrogens is 803 g/mol. The molecule has 3 aromatic carbocycles. The molecule has 0 unspecified atom stereocenters.